The first-order chi connectivity index (χ1) is 13.1. The van der Waals surface area contributed by atoms with Gasteiger partial charge in [0.2, 0.25) is 0 Å². The average molecular weight is 368 g/mol. The molecule has 4 nitrogen and oxygen atoms in total. The molecule has 3 aliphatic rings. The fourth-order valence-corrected chi connectivity index (χ4v) is 4.97. The van der Waals surface area contributed by atoms with E-state index in [0.717, 1.165) is 56.0 Å². The third kappa shape index (κ3) is 4.26. The maximum Gasteiger partial charge on any atom is 0.255 e. The second-order valence-corrected chi connectivity index (χ2v) is 8.85. The van der Waals surface area contributed by atoms with E-state index >= 15 is 0 Å². The van der Waals surface area contributed by atoms with Crippen LogP contribution in [0, 0.1) is 5.92 Å². The van der Waals surface area contributed by atoms with Gasteiger partial charge in [-0.2, -0.15) is 0 Å². The van der Waals surface area contributed by atoms with Crippen molar-refractivity contribution in [3.05, 3.63) is 51.2 Å². The molecule has 4 heteroatoms. The summed E-state index contributed by atoms with van der Waals surface area (Å²) in [6.07, 6.45) is 13.0. The zero-order valence-corrected chi connectivity index (χ0v) is 16.7. The number of hydrogen-bond acceptors (Lipinski definition) is 3. The molecular formula is C23H33N3O. The highest BCUT2D eigenvalue weighted by Gasteiger charge is 2.25. The summed E-state index contributed by atoms with van der Waals surface area (Å²) in [6, 6.07) is 0. The number of fused-ring (bicyclic) bond motifs is 1. The summed E-state index contributed by atoms with van der Waals surface area (Å²) in [5.74, 6) is 2.07. The van der Waals surface area contributed by atoms with E-state index in [-0.39, 0.29) is 5.56 Å². The first-order valence-electron chi connectivity index (χ1n) is 10.8. The highest BCUT2D eigenvalue weighted by atomic mass is 16.1. The smallest absolute Gasteiger partial charge is 0.255 e. The van der Waals surface area contributed by atoms with Gasteiger partial charge in [0.25, 0.3) is 5.56 Å². The van der Waals surface area contributed by atoms with Crippen LogP contribution in [-0.4, -0.2) is 28.0 Å². The molecule has 27 heavy (non-hydrogen) atoms. The molecule has 1 aromatic rings. The van der Waals surface area contributed by atoms with Crippen molar-refractivity contribution in [3.63, 3.8) is 0 Å². The van der Waals surface area contributed by atoms with E-state index in [1.807, 2.05) is 0 Å². The van der Waals surface area contributed by atoms with Gasteiger partial charge < -0.3 is 4.98 Å². The topological polar surface area (TPSA) is 49.0 Å². The Bertz CT molecular complexity index is 785. The quantitative estimate of drug-likeness (QED) is 0.798. The Labute approximate surface area is 162 Å². The van der Waals surface area contributed by atoms with E-state index in [1.165, 1.54) is 49.7 Å². The molecule has 2 heterocycles. The first kappa shape index (κ1) is 18.7. The monoisotopic (exact) mass is 367 g/mol. The Morgan fingerprint density at radius 1 is 1.26 bits per heavy atom. The van der Waals surface area contributed by atoms with Gasteiger partial charge in [-0.3, -0.25) is 9.69 Å². The van der Waals surface area contributed by atoms with Gasteiger partial charge in [-0.15, -0.1) is 0 Å². The summed E-state index contributed by atoms with van der Waals surface area (Å²) in [6.45, 7) is 9.00. The van der Waals surface area contributed by atoms with Gasteiger partial charge in [0.1, 0.15) is 5.82 Å². The minimum Gasteiger partial charge on any atom is -0.310 e. The van der Waals surface area contributed by atoms with Crippen molar-refractivity contribution in [1.82, 2.24) is 14.9 Å². The second-order valence-electron chi connectivity index (χ2n) is 8.85. The molecule has 1 fully saturated rings. The number of rotatable bonds is 4. The van der Waals surface area contributed by atoms with E-state index < -0.39 is 0 Å². The van der Waals surface area contributed by atoms with E-state index in [4.69, 9.17) is 4.98 Å². The fourth-order valence-electron chi connectivity index (χ4n) is 4.97. The van der Waals surface area contributed by atoms with Gasteiger partial charge in [0.05, 0.1) is 11.3 Å². The lowest BCUT2D eigenvalue weighted by molar-refractivity contribution is 0.265. The number of nitrogens with one attached hydrogen (secondary N) is 1. The van der Waals surface area contributed by atoms with Crippen LogP contribution in [0.5, 0.6) is 0 Å². The molecule has 0 radical (unpaired) electrons. The lowest BCUT2D eigenvalue weighted by atomic mass is 9.85. The van der Waals surface area contributed by atoms with Crippen molar-refractivity contribution in [2.24, 2.45) is 5.92 Å². The zero-order chi connectivity index (χ0) is 18.8. The van der Waals surface area contributed by atoms with Crippen molar-refractivity contribution in [1.29, 1.82) is 0 Å². The van der Waals surface area contributed by atoms with Gasteiger partial charge in [-0.25, -0.2) is 4.98 Å². The van der Waals surface area contributed by atoms with E-state index in [0.29, 0.717) is 11.8 Å². The summed E-state index contributed by atoms with van der Waals surface area (Å²) in [5.41, 5.74) is 4.89. The van der Waals surface area contributed by atoms with Crippen LogP contribution in [-0.2, 0) is 13.0 Å². The van der Waals surface area contributed by atoms with E-state index in [9.17, 15) is 4.79 Å². The minimum atomic E-state index is 0.102. The zero-order valence-electron chi connectivity index (χ0n) is 16.7. The highest BCUT2D eigenvalue weighted by molar-refractivity contribution is 5.23. The first-order valence-corrected chi connectivity index (χ1v) is 10.8. The third-order valence-electron chi connectivity index (χ3n) is 6.79. The van der Waals surface area contributed by atoms with Crippen LogP contribution in [0.25, 0.3) is 0 Å². The Morgan fingerprint density at radius 3 is 2.78 bits per heavy atom. The standard InChI is InChI=1S/C23H33N3O/c1-16(2)18-10-8-17(9-11-18)14-26-13-12-21-20(15-26)23(27)25-22(24-21)19-6-4-3-5-7-19/h8,18-19H,1,3-7,9-15H2,2H3,(H,24,25,27). The summed E-state index contributed by atoms with van der Waals surface area (Å²) in [7, 11) is 0. The normalized spacial score (nSPS) is 24.3. The van der Waals surface area contributed by atoms with Crippen molar-refractivity contribution in [2.75, 3.05) is 13.1 Å². The van der Waals surface area contributed by atoms with Crippen LogP contribution in [0.15, 0.2) is 28.6 Å². The SMILES string of the molecule is C=C(C)C1CC=C(CN2CCc3nc(C4CCCCC4)[nH]c(=O)c3C2)CC1. The number of allylic oxidation sites excluding steroid dienone is 2. The van der Waals surface area contributed by atoms with Gasteiger partial charge in [0.15, 0.2) is 0 Å². The van der Waals surface area contributed by atoms with E-state index in [1.54, 1.807) is 0 Å². The fraction of sp³-hybridized carbons (Fsp3) is 0.652. The molecule has 1 unspecified atom stereocenters. The molecule has 1 saturated carbocycles. The molecule has 146 valence electrons. The highest BCUT2D eigenvalue weighted by Crippen LogP contribution is 2.31. The van der Waals surface area contributed by atoms with Crippen LogP contribution in [0.2, 0.25) is 0 Å². The van der Waals surface area contributed by atoms with Crippen molar-refractivity contribution >= 4 is 0 Å². The maximum atomic E-state index is 12.7. The molecule has 1 aromatic heterocycles. The summed E-state index contributed by atoms with van der Waals surface area (Å²) in [5, 5.41) is 0. The molecule has 1 N–H and O–H groups in total. The lowest BCUT2D eigenvalue weighted by Crippen LogP contribution is -2.37. The summed E-state index contributed by atoms with van der Waals surface area (Å²) < 4.78 is 0. The summed E-state index contributed by atoms with van der Waals surface area (Å²) >= 11 is 0. The molecule has 0 aromatic carbocycles. The average Bonchev–Trinajstić information content (AvgIpc) is 2.69. The number of aromatic nitrogens is 2. The minimum absolute atomic E-state index is 0.102. The van der Waals surface area contributed by atoms with Gasteiger partial charge in [-0.1, -0.05) is 43.1 Å². The molecule has 0 spiro atoms. The van der Waals surface area contributed by atoms with Gasteiger partial charge in [0, 0.05) is 32.0 Å². The predicted octanol–water partition coefficient (Wildman–Crippen LogP) is 4.48. The van der Waals surface area contributed by atoms with Crippen LogP contribution in [0.4, 0.5) is 0 Å². The number of hydrogen-bond donors (Lipinski definition) is 1. The van der Waals surface area contributed by atoms with Crippen LogP contribution in [0.1, 0.15) is 81.3 Å². The molecule has 0 amide bonds. The molecule has 0 saturated heterocycles. The Morgan fingerprint density at radius 2 is 2.07 bits per heavy atom. The molecule has 0 bridgehead atoms. The molecule has 1 atom stereocenters. The van der Waals surface area contributed by atoms with Crippen molar-refractivity contribution < 1.29 is 0 Å². The van der Waals surface area contributed by atoms with Crippen molar-refractivity contribution in [3.8, 4) is 0 Å². The maximum absolute atomic E-state index is 12.7. The Kier molecular flexibility index (Phi) is 5.63. The van der Waals surface area contributed by atoms with Crippen LogP contribution in [0.3, 0.4) is 0 Å². The molecule has 4 rings (SSSR count). The van der Waals surface area contributed by atoms with Crippen LogP contribution >= 0.6 is 0 Å². The van der Waals surface area contributed by atoms with E-state index in [2.05, 4.69) is 29.5 Å². The molecular weight excluding hydrogens is 334 g/mol. The predicted molar refractivity (Wildman–Crippen MR) is 110 cm³/mol. The summed E-state index contributed by atoms with van der Waals surface area (Å²) in [4.78, 5) is 23.2. The van der Waals surface area contributed by atoms with Gasteiger partial charge in [-0.05, 0) is 44.9 Å². The second kappa shape index (κ2) is 8.14. The number of H-pyrrole nitrogens is 1. The number of nitrogens with zero attached hydrogens (tertiary/aromatic N) is 2. The van der Waals surface area contributed by atoms with Gasteiger partial charge >= 0.3 is 0 Å². The Balaban J connectivity index is 1.43. The largest absolute Gasteiger partial charge is 0.310 e. The van der Waals surface area contributed by atoms with Crippen molar-refractivity contribution in [2.45, 2.75) is 77.2 Å². The lowest BCUT2D eigenvalue weighted by Gasteiger charge is -2.31. The third-order valence-corrected chi connectivity index (χ3v) is 6.79. The Hall–Kier alpha value is -1.68. The van der Waals surface area contributed by atoms with Crippen LogP contribution < -0.4 is 5.56 Å². The molecule has 1 aliphatic heterocycles. The number of aromatic amines is 1. The molecule has 2 aliphatic carbocycles.